The van der Waals surface area contributed by atoms with Crippen molar-refractivity contribution in [2.45, 2.75) is 32.1 Å². The molecule has 0 saturated heterocycles. The molecular weight excluding hydrogens is 274 g/mol. The lowest BCUT2D eigenvalue weighted by Crippen LogP contribution is -2.06. The highest BCUT2D eigenvalue weighted by Gasteiger charge is 2.21. The number of pyridine rings is 1. The van der Waals surface area contributed by atoms with E-state index in [2.05, 4.69) is 4.98 Å². The topological polar surface area (TPSA) is 67.3 Å². The van der Waals surface area contributed by atoms with Gasteiger partial charge in [0.05, 0.1) is 5.69 Å². The molecule has 5 heteroatoms. The van der Waals surface area contributed by atoms with Crippen LogP contribution in [-0.4, -0.2) is 18.0 Å². The van der Waals surface area contributed by atoms with E-state index in [0.29, 0.717) is 17.7 Å². The van der Waals surface area contributed by atoms with Gasteiger partial charge in [0.15, 0.2) is 0 Å². The van der Waals surface area contributed by atoms with E-state index >= 15 is 0 Å². The Morgan fingerprint density at radius 3 is 2.40 bits per heavy atom. The van der Waals surface area contributed by atoms with Crippen LogP contribution in [0.5, 0.6) is 0 Å². The standard InChI is InChI=1S/C15H17NO3S/c1-4-12-10(2)8-9-14(20(17,18)19)15(12)13-7-5-6-11(3)16-13/h5-9H,4H2,1-3H3,(H,17,18,19). The smallest absolute Gasteiger partial charge is 0.282 e. The predicted molar refractivity (Wildman–Crippen MR) is 78.3 cm³/mol. The van der Waals surface area contributed by atoms with Gasteiger partial charge in [-0.2, -0.15) is 8.42 Å². The molecule has 1 N–H and O–H groups in total. The van der Waals surface area contributed by atoms with Gasteiger partial charge in [0.25, 0.3) is 10.1 Å². The van der Waals surface area contributed by atoms with Crippen molar-refractivity contribution in [2.24, 2.45) is 0 Å². The van der Waals surface area contributed by atoms with Crippen molar-refractivity contribution in [1.82, 2.24) is 4.98 Å². The number of aromatic nitrogens is 1. The third-order valence-corrected chi connectivity index (χ3v) is 4.18. The van der Waals surface area contributed by atoms with Crippen molar-refractivity contribution in [1.29, 1.82) is 0 Å². The third kappa shape index (κ3) is 2.73. The lowest BCUT2D eigenvalue weighted by Gasteiger charge is -2.14. The maximum absolute atomic E-state index is 11.6. The van der Waals surface area contributed by atoms with Gasteiger partial charge in [-0.3, -0.25) is 9.54 Å². The van der Waals surface area contributed by atoms with Crippen LogP contribution in [0.15, 0.2) is 35.2 Å². The Labute approximate surface area is 119 Å². The highest BCUT2D eigenvalue weighted by atomic mass is 32.2. The Morgan fingerprint density at radius 2 is 1.85 bits per heavy atom. The number of benzene rings is 1. The summed E-state index contributed by atoms with van der Waals surface area (Å²) in [7, 11) is -4.28. The van der Waals surface area contributed by atoms with Gasteiger partial charge < -0.3 is 0 Å². The van der Waals surface area contributed by atoms with Crippen LogP contribution >= 0.6 is 0 Å². The van der Waals surface area contributed by atoms with E-state index in [1.165, 1.54) is 6.07 Å². The zero-order chi connectivity index (χ0) is 14.9. The second-order valence-electron chi connectivity index (χ2n) is 4.73. The summed E-state index contributed by atoms with van der Waals surface area (Å²) in [5.41, 5.74) is 3.74. The molecule has 0 fully saturated rings. The fraction of sp³-hybridized carbons (Fsp3) is 0.267. The Kier molecular flexibility index (Phi) is 3.92. The Morgan fingerprint density at radius 1 is 1.15 bits per heavy atom. The molecule has 0 radical (unpaired) electrons. The van der Waals surface area contributed by atoms with E-state index in [4.69, 9.17) is 0 Å². The van der Waals surface area contributed by atoms with Crippen molar-refractivity contribution < 1.29 is 13.0 Å². The van der Waals surface area contributed by atoms with Crippen molar-refractivity contribution >= 4 is 10.1 Å². The summed E-state index contributed by atoms with van der Waals surface area (Å²) in [6.45, 7) is 5.72. The van der Waals surface area contributed by atoms with Crippen LogP contribution in [-0.2, 0) is 16.5 Å². The van der Waals surface area contributed by atoms with E-state index in [1.54, 1.807) is 12.1 Å². The van der Waals surface area contributed by atoms with E-state index in [-0.39, 0.29) is 4.90 Å². The normalized spacial score (nSPS) is 11.6. The van der Waals surface area contributed by atoms with Crippen molar-refractivity contribution in [3.05, 3.63) is 47.2 Å². The number of hydrogen-bond donors (Lipinski definition) is 1. The van der Waals surface area contributed by atoms with Crippen molar-refractivity contribution in [3.8, 4) is 11.3 Å². The molecule has 0 saturated carbocycles. The van der Waals surface area contributed by atoms with Gasteiger partial charge in [0, 0.05) is 11.3 Å². The van der Waals surface area contributed by atoms with E-state index < -0.39 is 10.1 Å². The average molecular weight is 291 g/mol. The zero-order valence-electron chi connectivity index (χ0n) is 11.7. The largest absolute Gasteiger partial charge is 0.295 e. The molecule has 4 nitrogen and oxygen atoms in total. The van der Waals surface area contributed by atoms with E-state index in [1.807, 2.05) is 32.9 Å². The van der Waals surface area contributed by atoms with Crippen LogP contribution in [0.25, 0.3) is 11.3 Å². The van der Waals surface area contributed by atoms with Gasteiger partial charge in [0.2, 0.25) is 0 Å². The van der Waals surface area contributed by atoms with Gasteiger partial charge in [-0.15, -0.1) is 0 Å². The molecule has 0 amide bonds. The molecule has 1 heterocycles. The summed E-state index contributed by atoms with van der Waals surface area (Å²) in [5.74, 6) is 0. The van der Waals surface area contributed by atoms with E-state index in [9.17, 15) is 13.0 Å². The van der Waals surface area contributed by atoms with Crippen molar-refractivity contribution in [3.63, 3.8) is 0 Å². The first-order chi connectivity index (χ1) is 9.34. The Balaban J connectivity index is 2.87. The predicted octanol–water partition coefficient (Wildman–Crippen LogP) is 3.17. The Hall–Kier alpha value is -1.72. The summed E-state index contributed by atoms with van der Waals surface area (Å²) in [4.78, 5) is 4.31. The molecule has 2 aromatic rings. The molecule has 2 rings (SSSR count). The first-order valence-electron chi connectivity index (χ1n) is 6.38. The second-order valence-corrected chi connectivity index (χ2v) is 6.12. The molecule has 0 unspecified atom stereocenters. The van der Waals surface area contributed by atoms with Gasteiger partial charge in [-0.05, 0) is 49.6 Å². The molecule has 106 valence electrons. The molecule has 0 aliphatic heterocycles. The van der Waals surface area contributed by atoms with Gasteiger partial charge in [-0.1, -0.05) is 19.1 Å². The molecule has 1 aromatic carbocycles. The van der Waals surface area contributed by atoms with E-state index in [0.717, 1.165) is 16.8 Å². The minimum atomic E-state index is -4.28. The molecule has 20 heavy (non-hydrogen) atoms. The summed E-state index contributed by atoms with van der Waals surface area (Å²) < 4.78 is 32.7. The monoisotopic (exact) mass is 291 g/mol. The molecule has 1 aromatic heterocycles. The van der Waals surface area contributed by atoms with Crippen LogP contribution in [0.3, 0.4) is 0 Å². The molecule has 0 spiro atoms. The molecular formula is C15H17NO3S. The fourth-order valence-corrected chi connectivity index (χ4v) is 3.09. The molecule has 0 atom stereocenters. The van der Waals surface area contributed by atoms with Crippen LogP contribution in [0.4, 0.5) is 0 Å². The summed E-state index contributed by atoms with van der Waals surface area (Å²) in [5, 5.41) is 0. The van der Waals surface area contributed by atoms with Crippen LogP contribution < -0.4 is 0 Å². The van der Waals surface area contributed by atoms with Crippen molar-refractivity contribution in [2.75, 3.05) is 0 Å². The van der Waals surface area contributed by atoms with Gasteiger partial charge in [-0.25, -0.2) is 0 Å². The first-order valence-corrected chi connectivity index (χ1v) is 7.82. The number of aryl methyl sites for hydroxylation is 2. The summed E-state index contributed by atoms with van der Waals surface area (Å²) in [6.07, 6.45) is 0.667. The molecule has 0 aliphatic rings. The van der Waals surface area contributed by atoms with Gasteiger partial charge in [0.1, 0.15) is 4.90 Å². The lowest BCUT2D eigenvalue weighted by molar-refractivity contribution is 0.483. The highest BCUT2D eigenvalue weighted by molar-refractivity contribution is 7.86. The number of rotatable bonds is 3. The van der Waals surface area contributed by atoms with Crippen LogP contribution in [0, 0.1) is 13.8 Å². The quantitative estimate of drug-likeness (QED) is 0.882. The average Bonchev–Trinajstić information content (AvgIpc) is 2.36. The number of nitrogens with zero attached hydrogens (tertiary/aromatic N) is 1. The number of hydrogen-bond acceptors (Lipinski definition) is 3. The Bertz CT molecular complexity index is 752. The summed E-state index contributed by atoms with van der Waals surface area (Å²) in [6, 6.07) is 8.57. The lowest BCUT2D eigenvalue weighted by atomic mass is 9.97. The third-order valence-electron chi connectivity index (χ3n) is 3.28. The zero-order valence-corrected chi connectivity index (χ0v) is 12.5. The SMILES string of the molecule is CCc1c(C)ccc(S(=O)(=O)O)c1-c1cccc(C)n1. The maximum atomic E-state index is 11.6. The highest BCUT2D eigenvalue weighted by Crippen LogP contribution is 2.32. The maximum Gasteiger partial charge on any atom is 0.295 e. The fourth-order valence-electron chi connectivity index (χ4n) is 2.36. The second kappa shape index (κ2) is 5.34. The van der Waals surface area contributed by atoms with Crippen LogP contribution in [0.2, 0.25) is 0 Å². The minimum Gasteiger partial charge on any atom is -0.282 e. The first kappa shape index (κ1) is 14.7. The van der Waals surface area contributed by atoms with Crippen LogP contribution in [0.1, 0.15) is 23.7 Å². The van der Waals surface area contributed by atoms with Gasteiger partial charge >= 0.3 is 0 Å². The minimum absolute atomic E-state index is 0.0851. The molecule has 0 aliphatic carbocycles. The molecule has 0 bridgehead atoms. The summed E-state index contributed by atoms with van der Waals surface area (Å²) >= 11 is 0.